The fourth-order valence-electron chi connectivity index (χ4n) is 0.333. The largest absolute Gasteiger partial charge is 0.400 e. The van der Waals surface area contributed by atoms with E-state index < -0.39 is 0 Å². The highest BCUT2D eigenvalue weighted by Gasteiger charge is 1.60. The van der Waals surface area contributed by atoms with Crippen molar-refractivity contribution in [2.45, 2.75) is 40.5 Å². The lowest BCUT2D eigenvalue weighted by Gasteiger charge is -1.72. The van der Waals surface area contributed by atoms with Crippen LogP contribution in [-0.4, -0.2) is 12.2 Å². The van der Waals surface area contributed by atoms with Crippen LogP contribution in [-0.2, 0) is 0 Å². The van der Waals surface area contributed by atoms with Crippen LogP contribution in [0.25, 0.3) is 0 Å². The van der Waals surface area contributed by atoms with Gasteiger partial charge in [0.15, 0.2) is 0 Å². The van der Waals surface area contributed by atoms with Crippen molar-refractivity contribution in [2.75, 3.05) is 7.11 Å². The normalized spacial score (nSPS) is 7.40. The van der Waals surface area contributed by atoms with Crippen LogP contribution < -0.4 is 0 Å². The molecule has 0 radical (unpaired) electrons. The van der Waals surface area contributed by atoms with Crippen LogP contribution >= 0.6 is 0 Å². The number of aliphatic hydroxyl groups excluding tert-OH is 1. The van der Waals surface area contributed by atoms with Gasteiger partial charge in [-0.25, -0.2) is 0 Å². The van der Waals surface area contributed by atoms with Gasteiger partial charge in [-0.05, 0) is 12.8 Å². The highest BCUT2D eigenvalue weighted by atomic mass is 16.2. The third-order valence-electron chi connectivity index (χ3n) is 0.638. The van der Waals surface area contributed by atoms with Crippen LogP contribution in [0.15, 0.2) is 12.2 Å². The average molecular weight is 146 g/mol. The Morgan fingerprint density at radius 2 is 1.10 bits per heavy atom. The molecule has 0 aromatic carbocycles. The summed E-state index contributed by atoms with van der Waals surface area (Å²) in [6.07, 6.45) is 6.71. The molecule has 0 fully saturated rings. The fraction of sp³-hybridized carbons (Fsp3) is 0.778. The Balaban J connectivity index is -0.000000105. The Labute approximate surface area is 65.8 Å². The second-order valence-corrected chi connectivity index (χ2v) is 1.29. The monoisotopic (exact) mass is 146 g/mol. The maximum Gasteiger partial charge on any atom is 0.0319 e. The molecule has 1 nitrogen and oxygen atoms in total. The van der Waals surface area contributed by atoms with E-state index in [1.54, 1.807) is 0 Å². The van der Waals surface area contributed by atoms with Gasteiger partial charge in [-0.15, -0.1) is 0 Å². The van der Waals surface area contributed by atoms with Crippen molar-refractivity contribution < 1.29 is 5.11 Å². The van der Waals surface area contributed by atoms with Gasteiger partial charge < -0.3 is 5.11 Å². The van der Waals surface area contributed by atoms with Crippen LogP contribution in [0.4, 0.5) is 0 Å². The molecule has 0 unspecified atom stereocenters. The lowest BCUT2D eigenvalue weighted by molar-refractivity contribution is 0.399. The van der Waals surface area contributed by atoms with E-state index in [1.807, 2.05) is 13.8 Å². The zero-order valence-corrected chi connectivity index (χ0v) is 8.02. The van der Waals surface area contributed by atoms with Gasteiger partial charge in [0.25, 0.3) is 0 Å². The third-order valence-corrected chi connectivity index (χ3v) is 0.638. The Morgan fingerprint density at radius 3 is 1.20 bits per heavy atom. The quantitative estimate of drug-likeness (QED) is 0.594. The van der Waals surface area contributed by atoms with Gasteiger partial charge in [0, 0.05) is 7.11 Å². The molecule has 0 atom stereocenters. The van der Waals surface area contributed by atoms with Crippen LogP contribution in [0.1, 0.15) is 40.5 Å². The number of allylic oxidation sites excluding steroid dienone is 2. The molecule has 0 aliphatic carbocycles. The van der Waals surface area contributed by atoms with E-state index in [2.05, 4.69) is 26.0 Å². The minimum atomic E-state index is 1.00. The fourth-order valence-corrected chi connectivity index (χ4v) is 0.333. The summed E-state index contributed by atoms with van der Waals surface area (Å²) in [5.41, 5.74) is 0. The molecule has 0 aromatic heterocycles. The summed E-state index contributed by atoms with van der Waals surface area (Å²) in [5, 5.41) is 7.00. The number of hydrogen-bond acceptors (Lipinski definition) is 1. The summed E-state index contributed by atoms with van der Waals surface area (Å²) < 4.78 is 0. The summed E-state index contributed by atoms with van der Waals surface area (Å²) in [5.74, 6) is 0. The molecule has 0 bridgehead atoms. The van der Waals surface area contributed by atoms with Crippen molar-refractivity contribution in [3.05, 3.63) is 12.2 Å². The molecule has 0 amide bonds. The van der Waals surface area contributed by atoms with E-state index in [1.165, 1.54) is 12.8 Å². The van der Waals surface area contributed by atoms with Gasteiger partial charge in [0.2, 0.25) is 0 Å². The maximum atomic E-state index is 7.00. The molecule has 0 heterocycles. The van der Waals surface area contributed by atoms with E-state index in [9.17, 15) is 0 Å². The van der Waals surface area contributed by atoms with Crippen molar-refractivity contribution in [3.8, 4) is 0 Å². The lowest BCUT2D eigenvalue weighted by Crippen LogP contribution is -1.51. The van der Waals surface area contributed by atoms with Gasteiger partial charge in [-0.1, -0.05) is 39.8 Å². The van der Waals surface area contributed by atoms with Gasteiger partial charge in [0.1, 0.15) is 0 Å². The first kappa shape index (κ1) is 16.4. The van der Waals surface area contributed by atoms with E-state index in [-0.39, 0.29) is 0 Å². The van der Waals surface area contributed by atoms with Gasteiger partial charge in [0.05, 0.1) is 0 Å². The number of hydrogen-bond donors (Lipinski definition) is 1. The Bertz CT molecular complexity index is 34.0. The predicted octanol–water partition coefficient (Wildman–Crippen LogP) is 3.00. The molecule has 0 aliphatic heterocycles. The van der Waals surface area contributed by atoms with Crippen molar-refractivity contribution in [1.29, 1.82) is 0 Å². The summed E-state index contributed by atoms with van der Waals surface area (Å²) in [4.78, 5) is 0. The zero-order valence-electron chi connectivity index (χ0n) is 8.02. The minimum absolute atomic E-state index is 1.00. The summed E-state index contributed by atoms with van der Waals surface area (Å²) in [6.45, 7) is 8.29. The van der Waals surface area contributed by atoms with Crippen LogP contribution in [0.3, 0.4) is 0 Å². The molecule has 64 valence electrons. The van der Waals surface area contributed by atoms with Crippen LogP contribution in [0, 0.1) is 0 Å². The van der Waals surface area contributed by atoms with Crippen molar-refractivity contribution >= 4 is 0 Å². The highest BCUT2D eigenvalue weighted by molar-refractivity contribution is 4.77. The highest BCUT2D eigenvalue weighted by Crippen LogP contribution is 1.81. The molecule has 1 heteroatoms. The number of rotatable bonds is 2. The SMILES string of the molecule is CC.CC/C=C\CC.CO. The third kappa shape index (κ3) is 47.4. The molecule has 0 saturated carbocycles. The first-order chi connectivity index (χ1) is 4.91. The van der Waals surface area contributed by atoms with E-state index in [4.69, 9.17) is 5.11 Å². The maximum absolute atomic E-state index is 7.00. The van der Waals surface area contributed by atoms with E-state index in [0.717, 1.165) is 7.11 Å². The van der Waals surface area contributed by atoms with Gasteiger partial charge in [-0.3, -0.25) is 0 Å². The average Bonchev–Trinajstić information content (AvgIpc) is 2.08. The minimum Gasteiger partial charge on any atom is -0.400 e. The summed E-state index contributed by atoms with van der Waals surface area (Å²) in [7, 11) is 1.00. The van der Waals surface area contributed by atoms with Crippen molar-refractivity contribution in [1.82, 2.24) is 0 Å². The first-order valence-corrected chi connectivity index (χ1v) is 4.01. The number of aliphatic hydroxyl groups is 1. The van der Waals surface area contributed by atoms with Crippen molar-refractivity contribution in [2.24, 2.45) is 0 Å². The molecule has 0 aliphatic rings. The smallest absolute Gasteiger partial charge is 0.0319 e. The van der Waals surface area contributed by atoms with Crippen LogP contribution in [0.2, 0.25) is 0 Å². The summed E-state index contributed by atoms with van der Waals surface area (Å²) >= 11 is 0. The standard InChI is InChI=1S/C6H12.C2H6.CH4O/c1-3-5-6-4-2;2*1-2/h5-6H,3-4H2,1-2H3;1-2H3;2H,1H3/b6-5-;;. The van der Waals surface area contributed by atoms with Gasteiger partial charge in [-0.2, -0.15) is 0 Å². The lowest BCUT2D eigenvalue weighted by atomic mass is 10.4. The Kier molecular flexibility index (Phi) is 61.6. The molecule has 0 saturated heterocycles. The molecule has 10 heavy (non-hydrogen) atoms. The zero-order chi connectivity index (χ0) is 8.83. The van der Waals surface area contributed by atoms with Gasteiger partial charge >= 0.3 is 0 Å². The van der Waals surface area contributed by atoms with E-state index >= 15 is 0 Å². The molecule has 0 spiro atoms. The molecule has 0 aromatic rings. The summed E-state index contributed by atoms with van der Waals surface area (Å²) in [6, 6.07) is 0. The topological polar surface area (TPSA) is 20.2 Å². The molecule has 0 rings (SSSR count). The molecule has 1 N–H and O–H groups in total. The van der Waals surface area contributed by atoms with Crippen LogP contribution in [0.5, 0.6) is 0 Å². The van der Waals surface area contributed by atoms with E-state index in [0.29, 0.717) is 0 Å². The first-order valence-electron chi connectivity index (χ1n) is 4.01. The Hall–Kier alpha value is -0.300. The molecular weight excluding hydrogens is 124 g/mol. The second-order valence-electron chi connectivity index (χ2n) is 1.29. The predicted molar refractivity (Wildman–Crippen MR) is 49.2 cm³/mol. The Morgan fingerprint density at radius 1 is 0.900 bits per heavy atom. The molecular formula is C9H22O. The van der Waals surface area contributed by atoms with Crippen molar-refractivity contribution in [3.63, 3.8) is 0 Å². The second kappa shape index (κ2) is 37.7.